The van der Waals surface area contributed by atoms with Gasteiger partial charge in [-0.05, 0) is 48.5 Å². The summed E-state index contributed by atoms with van der Waals surface area (Å²) in [4.78, 5) is 0. The van der Waals surface area contributed by atoms with Crippen molar-refractivity contribution >= 4 is 34.8 Å². The van der Waals surface area contributed by atoms with E-state index in [4.69, 9.17) is 48.4 Å². The third-order valence-electron chi connectivity index (χ3n) is 3.36. The van der Waals surface area contributed by atoms with Crippen LogP contribution in [0.3, 0.4) is 0 Å². The quantitative estimate of drug-likeness (QED) is 0.374. The van der Waals surface area contributed by atoms with Crippen LogP contribution in [0, 0.1) is 0 Å². The van der Waals surface area contributed by atoms with Gasteiger partial charge in [0.25, 0.3) is 11.8 Å². The summed E-state index contributed by atoms with van der Waals surface area (Å²) >= 11 is 17.8. The Hall–Kier alpha value is -2.47. The van der Waals surface area contributed by atoms with Gasteiger partial charge in [-0.3, -0.25) is 0 Å². The molecule has 0 aliphatic carbocycles. The van der Waals surface area contributed by atoms with Crippen LogP contribution in [0.15, 0.2) is 63.4 Å². The Morgan fingerprint density at radius 2 is 1.38 bits per heavy atom. The highest BCUT2D eigenvalue weighted by molar-refractivity contribution is 6.34. The van der Waals surface area contributed by atoms with Gasteiger partial charge in [0.05, 0.1) is 0 Å². The van der Waals surface area contributed by atoms with Crippen molar-refractivity contribution in [2.75, 3.05) is 0 Å². The number of nitrogens with zero attached hydrogens (tertiary/aromatic N) is 2. The number of ether oxygens (including phenoxy) is 1. The molecule has 0 atom stereocenters. The average molecular weight is 408 g/mol. The maximum Gasteiger partial charge on any atom is 0.290 e. The minimum Gasteiger partial charge on any atom is -0.426 e. The molecule has 0 saturated heterocycles. The van der Waals surface area contributed by atoms with Crippen LogP contribution >= 0.6 is 34.8 Å². The molecule has 4 rings (SSSR count). The predicted molar refractivity (Wildman–Crippen MR) is 99.0 cm³/mol. The minimum absolute atomic E-state index is 0.230. The molecule has 8 heteroatoms. The van der Waals surface area contributed by atoms with E-state index in [-0.39, 0.29) is 11.8 Å². The molecule has 5 nitrogen and oxygen atoms in total. The Balaban J connectivity index is 1.55. The normalized spacial score (nSPS) is 10.9. The highest BCUT2D eigenvalue weighted by atomic mass is 35.5. The van der Waals surface area contributed by atoms with Gasteiger partial charge in [-0.2, -0.15) is 0 Å². The molecular formula is C18H9Cl3N2O3. The summed E-state index contributed by atoms with van der Waals surface area (Å²) in [5.41, 5.74) is 0.754. The summed E-state index contributed by atoms with van der Waals surface area (Å²) in [6, 6.07) is 15.2. The lowest BCUT2D eigenvalue weighted by Gasteiger charge is -2.03. The molecule has 0 aliphatic heterocycles. The van der Waals surface area contributed by atoms with Crippen molar-refractivity contribution in [3.63, 3.8) is 0 Å². The molecule has 130 valence electrons. The summed E-state index contributed by atoms with van der Waals surface area (Å²) in [6.45, 7) is 0. The third kappa shape index (κ3) is 3.70. The van der Waals surface area contributed by atoms with Crippen LogP contribution in [0.1, 0.15) is 0 Å². The molecule has 0 fully saturated rings. The van der Waals surface area contributed by atoms with E-state index in [1.165, 1.54) is 0 Å². The third-order valence-corrected chi connectivity index (χ3v) is 4.05. The zero-order chi connectivity index (χ0) is 18.1. The van der Waals surface area contributed by atoms with Gasteiger partial charge < -0.3 is 13.6 Å². The second-order valence-electron chi connectivity index (χ2n) is 5.25. The van der Waals surface area contributed by atoms with Crippen molar-refractivity contribution in [3.8, 4) is 34.8 Å². The van der Waals surface area contributed by atoms with Gasteiger partial charge in [0.1, 0.15) is 5.75 Å². The zero-order valence-electron chi connectivity index (χ0n) is 12.9. The van der Waals surface area contributed by atoms with Crippen molar-refractivity contribution in [3.05, 3.63) is 69.7 Å². The molecule has 0 aliphatic rings. The highest BCUT2D eigenvalue weighted by Gasteiger charge is 2.15. The molecule has 0 bridgehead atoms. The number of halogens is 3. The van der Waals surface area contributed by atoms with Crippen molar-refractivity contribution in [1.82, 2.24) is 10.2 Å². The van der Waals surface area contributed by atoms with E-state index >= 15 is 0 Å². The molecule has 0 N–H and O–H groups in total. The average Bonchev–Trinajstić information content (AvgIpc) is 3.24. The molecule has 2 aromatic heterocycles. The second kappa shape index (κ2) is 7.03. The lowest BCUT2D eigenvalue weighted by atomic mass is 10.2. The molecule has 26 heavy (non-hydrogen) atoms. The van der Waals surface area contributed by atoms with Gasteiger partial charge in [0.2, 0.25) is 5.89 Å². The Bertz CT molecular complexity index is 1040. The topological polar surface area (TPSA) is 61.3 Å². The first-order valence-corrected chi connectivity index (χ1v) is 8.54. The molecule has 4 aromatic rings. The summed E-state index contributed by atoms with van der Waals surface area (Å²) in [6.07, 6.45) is 0. The van der Waals surface area contributed by atoms with Crippen LogP contribution < -0.4 is 4.74 Å². The van der Waals surface area contributed by atoms with Gasteiger partial charge in [-0.25, -0.2) is 0 Å². The maximum atomic E-state index is 5.95. The summed E-state index contributed by atoms with van der Waals surface area (Å²) < 4.78 is 16.8. The standard InChI is InChI=1S/C18H9Cl3N2O3/c19-11-3-1-10(2-4-11)17-22-23-18(26-17)15-5-6-16(25-15)24-14-8-12(20)7-13(21)9-14/h1-9H. The molecule has 0 spiro atoms. The number of rotatable bonds is 4. The minimum atomic E-state index is 0.230. The molecular weight excluding hydrogens is 399 g/mol. The van der Waals surface area contributed by atoms with E-state index < -0.39 is 0 Å². The van der Waals surface area contributed by atoms with Crippen molar-refractivity contribution in [2.45, 2.75) is 0 Å². The molecule has 0 saturated carbocycles. The van der Waals surface area contributed by atoms with Crippen LogP contribution in [0.25, 0.3) is 23.1 Å². The fourth-order valence-corrected chi connectivity index (χ4v) is 2.86. The lowest BCUT2D eigenvalue weighted by Crippen LogP contribution is -1.81. The number of hydrogen-bond acceptors (Lipinski definition) is 5. The van der Waals surface area contributed by atoms with E-state index in [2.05, 4.69) is 10.2 Å². The monoisotopic (exact) mass is 406 g/mol. The Morgan fingerprint density at radius 3 is 2.12 bits per heavy atom. The van der Waals surface area contributed by atoms with Crippen molar-refractivity contribution in [1.29, 1.82) is 0 Å². The molecule has 0 unspecified atom stereocenters. The molecule has 2 heterocycles. The van der Waals surface area contributed by atoms with Gasteiger partial charge in [0, 0.05) is 26.7 Å². The first kappa shape index (κ1) is 17.0. The van der Waals surface area contributed by atoms with Crippen LogP contribution in [0.5, 0.6) is 11.7 Å². The van der Waals surface area contributed by atoms with Crippen molar-refractivity contribution in [2.24, 2.45) is 0 Å². The van der Waals surface area contributed by atoms with E-state index in [9.17, 15) is 0 Å². The van der Waals surface area contributed by atoms with Crippen molar-refractivity contribution < 1.29 is 13.6 Å². The number of hydrogen-bond donors (Lipinski definition) is 0. The Kier molecular flexibility index (Phi) is 4.59. The van der Waals surface area contributed by atoms with E-state index in [1.807, 2.05) is 0 Å². The number of furan rings is 1. The largest absolute Gasteiger partial charge is 0.426 e. The molecule has 0 amide bonds. The fourth-order valence-electron chi connectivity index (χ4n) is 2.23. The highest BCUT2D eigenvalue weighted by Crippen LogP contribution is 2.32. The smallest absolute Gasteiger partial charge is 0.290 e. The Labute approximate surface area is 163 Å². The maximum absolute atomic E-state index is 5.95. The first-order valence-electron chi connectivity index (χ1n) is 7.40. The van der Waals surface area contributed by atoms with Crippen LogP contribution in [0.4, 0.5) is 0 Å². The van der Waals surface area contributed by atoms with Gasteiger partial charge in [-0.1, -0.05) is 34.8 Å². The fraction of sp³-hybridized carbons (Fsp3) is 0. The summed E-state index contributed by atoms with van der Waals surface area (Å²) in [5.74, 6) is 1.66. The molecule has 0 radical (unpaired) electrons. The van der Waals surface area contributed by atoms with E-state index in [1.54, 1.807) is 54.6 Å². The number of benzene rings is 2. The summed E-state index contributed by atoms with van der Waals surface area (Å²) in [7, 11) is 0. The Morgan fingerprint density at radius 1 is 0.692 bits per heavy atom. The van der Waals surface area contributed by atoms with Gasteiger partial charge in [0.15, 0.2) is 5.76 Å². The van der Waals surface area contributed by atoms with Gasteiger partial charge >= 0.3 is 0 Å². The van der Waals surface area contributed by atoms with Gasteiger partial charge in [-0.15, -0.1) is 10.2 Å². The van der Waals surface area contributed by atoms with Crippen LogP contribution in [-0.2, 0) is 0 Å². The number of aromatic nitrogens is 2. The van der Waals surface area contributed by atoms with E-state index in [0.29, 0.717) is 32.5 Å². The van der Waals surface area contributed by atoms with Crippen LogP contribution in [0.2, 0.25) is 15.1 Å². The molecule has 2 aromatic carbocycles. The first-order chi connectivity index (χ1) is 12.6. The van der Waals surface area contributed by atoms with E-state index in [0.717, 1.165) is 5.56 Å². The van der Waals surface area contributed by atoms with Crippen LogP contribution in [-0.4, -0.2) is 10.2 Å². The SMILES string of the molecule is Clc1ccc(-c2nnc(-c3ccc(Oc4cc(Cl)cc(Cl)c4)o3)o2)cc1. The lowest BCUT2D eigenvalue weighted by molar-refractivity contribution is 0.347. The predicted octanol–water partition coefficient (Wildman–Crippen LogP) is 6.75. The zero-order valence-corrected chi connectivity index (χ0v) is 15.2. The second-order valence-corrected chi connectivity index (χ2v) is 6.55. The summed E-state index contributed by atoms with van der Waals surface area (Å²) in [5, 5.41) is 9.56.